The third kappa shape index (κ3) is 9.86. The average molecular weight is 439 g/mol. The van der Waals surface area contributed by atoms with E-state index in [1.54, 1.807) is 0 Å². The molecule has 2 aromatic rings. The van der Waals surface area contributed by atoms with Gasteiger partial charge in [-0.3, -0.25) is 9.59 Å². The van der Waals surface area contributed by atoms with Crippen LogP contribution in [0.3, 0.4) is 0 Å². The molecule has 0 spiro atoms. The molecule has 0 aliphatic rings. The van der Waals surface area contributed by atoms with Crippen molar-refractivity contribution >= 4 is 11.9 Å². The van der Waals surface area contributed by atoms with E-state index < -0.39 is 0 Å². The minimum absolute atomic E-state index is 0.0310. The summed E-state index contributed by atoms with van der Waals surface area (Å²) >= 11 is 0. The predicted molar refractivity (Wildman–Crippen MR) is 125 cm³/mol. The Morgan fingerprint density at radius 1 is 1.03 bits per heavy atom. The van der Waals surface area contributed by atoms with Gasteiger partial charge < -0.3 is 9.47 Å². The second kappa shape index (κ2) is 14.1. The molecule has 172 valence electrons. The molecular formula is C26H34N2O4. The number of allylic oxidation sites excluding steroid dienone is 1. The van der Waals surface area contributed by atoms with Crippen LogP contribution in [0.4, 0.5) is 0 Å². The highest BCUT2D eigenvalue weighted by molar-refractivity contribution is 5.73. The van der Waals surface area contributed by atoms with Gasteiger partial charge in [0, 0.05) is 12.5 Å². The molecule has 0 aliphatic carbocycles. The largest absolute Gasteiger partial charge is 0.463 e. The number of esters is 2. The summed E-state index contributed by atoms with van der Waals surface area (Å²) in [6.45, 7) is 5.50. The number of unbranched alkanes of at least 4 members (excludes halogenated alkanes) is 3. The van der Waals surface area contributed by atoms with Crippen LogP contribution in [0, 0.1) is 0 Å². The SMILES string of the molecule is CCCC/C=C\CC(=O)Oc1cnc(-c2ccc(CCCCC(C)OC(C)=O)cc2)nc1. The molecular weight excluding hydrogens is 404 g/mol. The van der Waals surface area contributed by atoms with E-state index in [1.165, 1.54) is 24.9 Å². The normalized spacial score (nSPS) is 12.0. The molecule has 0 radical (unpaired) electrons. The molecule has 1 aromatic heterocycles. The van der Waals surface area contributed by atoms with Gasteiger partial charge in [0.15, 0.2) is 11.6 Å². The quantitative estimate of drug-likeness (QED) is 0.222. The van der Waals surface area contributed by atoms with Gasteiger partial charge in [-0.2, -0.15) is 0 Å². The van der Waals surface area contributed by atoms with Crippen molar-refractivity contribution in [2.24, 2.45) is 0 Å². The van der Waals surface area contributed by atoms with Gasteiger partial charge in [0.25, 0.3) is 0 Å². The van der Waals surface area contributed by atoms with Gasteiger partial charge in [-0.15, -0.1) is 0 Å². The number of rotatable bonds is 13. The summed E-state index contributed by atoms with van der Waals surface area (Å²) in [5, 5.41) is 0. The molecule has 0 amide bonds. The molecule has 0 saturated heterocycles. The van der Waals surface area contributed by atoms with Gasteiger partial charge in [0.1, 0.15) is 0 Å². The smallest absolute Gasteiger partial charge is 0.315 e. The molecule has 6 nitrogen and oxygen atoms in total. The van der Waals surface area contributed by atoms with Crippen LogP contribution in [0.15, 0.2) is 48.8 Å². The molecule has 1 atom stereocenters. The van der Waals surface area contributed by atoms with Crippen LogP contribution in [0.2, 0.25) is 0 Å². The van der Waals surface area contributed by atoms with Gasteiger partial charge in [-0.25, -0.2) is 9.97 Å². The molecule has 0 saturated carbocycles. The lowest BCUT2D eigenvalue weighted by Gasteiger charge is -2.11. The molecule has 1 aromatic carbocycles. The monoisotopic (exact) mass is 438 g/mol. The van der Waals surface area contributed by atoms with Crippen LogP contribution < -0.4 is 4.74 Å². The average Bonchev–Trinajstić information content (AvgIpc) is 2.77. The Hall–Kier alpha value is -3.02. The summed E-state index contributed by atoms with van der Waals surface area (Å²) in [7, 11) is 0. The Bertz CT molecular complexity index is 860. The van der Waals surface area contributed by atoms with Crippen molar-refractivity contribution in [3.63, 3.8) is 0 Å². The van der Waals surface area contributed by atoms with E-state index in [-0.39, 0.29) is 24.5 Å². The van der Waals surface area contributed by atoms with Crippen molar-refractivity contribution in [2.45, 2.75) is 78.2 Å². The molecule has 6 heteroatoms. The Morgan fingerprint density at radius 3 is 2.41 bits per heavy atom. The first-order chi connectivity index (χ1) is 15.5. The standard InChI is InChI=1S/C26H34N2O4/c1-4-5-6-7-8-13-25(30)32-24-18-27-26(28-19-24)23-16-14-22(15-17-23)12-10-9-11-20(2)31-21(3)29/h7-8,14-20H,4-6,9-13H2,1-3H3/b8-7-. The fraction of sp³-hybridized carbons (Fsp3) is 0.462. The van der Waals surface area contributed by atoms with Gasteiger partial charge in [-0.1, -0.05) is 56.2 Å². The van der Waals surface area contributed by atoms with E-state index in [1.807, 2.05) is 31.2 Å². The first-order valence-electron chi connectivity index (χ1n) is 11.4. The van der Waals surface area contributed by atoms with E-state index >= 15 is 0 Å². The van der Waals surface area contributed by atoms with Crippen LogP contribution >= 0.6 is 0 Å². The zero-order valence-corrected chi connectivity index (χ0v) is 19.4. The maximum Gasteiger partial charge on any atom is 0.315 e. The molecule has 1 unspecified atom stereocenters. The lowest BCUT2D eigenvalue weighted by molar-refractivity contribution is -0.145. The van der Waals surface area contributed by atoms with E-state index in [0.717, 1.165) is 50.5 Å². The predicted octanol–water partition coefficient (Wildman–Crippen LogP) is 5.85. The van der Waals surface area contributed by atoms with Crippen LogP contribution in [-0.4, -0.2) is 28.0 Å². The number of hydrogen-bond acceptors (Lipinski definition) is 6. The number of aryl methyl sites for hydroxylation is 1. The molecule has 2 rings (SSSR count). The molecule has 0 N–H and O–H groups in total. The van der Waals surface area contributed by atoms with Crippen LogP contribution in [-0.2, 0) is 20.7 Å². The number of hydrogen-bond donors (Lipinski definition) is 0. The highest BCUT2D eigenvalue weighted by atomic mass is 16.5. The van der Waals surface area contributed by atoms with Crippen LogP contribution in [0.5, 0.6) is 5.75 Å². The Labute approximate surface area is 191 Å². The summed E-state index contributed by atoms with van der Waals surface area (Å²) in [5.41, 5.74) is 2.15. The number of nitrogens with zero attached hydrogens (tertiary/aromatic N) is 2. The molecule has 1 heterocycles. The minimum Gasteiger partial charge on any atom is -0.463 e. The summed E-state index contributed by atoms with van der Waals surface area (Å²) in [6.07, 6.45) is 14.3. The molecule has 0 aliphatic heterocycles. The third-order valence-electron chi connectivity index (χ3n) is 4.94. The number of benzene rings is 1. The van der Waals surface area contributed by atoms with E-state index in [9.17, 15) is 9.59 Å². The Kier molecular flexibility index (Phi) is 11.1. The van der Waals surface area contributed by atoms with E-state index in [4.69, 9.17) is 9.47 Å². The highest BCUT2D eigenvalue weighted by Crippen LogP contribution is 2.19. The lowest BCUT2D eigenvalue weighted by atomic mass is 10.0. The van der Waals surface area contributed by atoms with E-state index in [2.05, 4.69) is 29.0 Å². The second-order valence-electron chi connectivity index (χ2n) is 7.90. The van der Waals surface area contributed by atoms with Crippen LogP contribution in [0.1, 0.15) is 71.3 Å². The second-order valence-corrected chi connectivity index (χ2v) is 7.90. The first-order valence-corrected chi connectivity index (χ1v) is 11.4. The minimum atomic E-state index is -0.319. The topological polar surface area (TPSA) is 78.4 Å². The van der Waals surface area contributed by atoms with Crippen molar-refractivity contribution in [3.8, 4) is 17.1 Å². The Balaban J connectivity index is 1.77. The molecule has 0 fully saturated rings. The van der Waals surface area contributed by atoms with E-state index in [0.29, 0.717) is 11.6 Å². The summed E-state index contributed by atoms with van der Waals surface area (Å²) < 4.78 is 10.4. The molecule has 32 heavy (non-hydrogen) atoms. The maximum atomic E-state index is 11.9. The third-order valence-corrected chi connectivity index (χ3v) is 4.94. The van der Waals surface area contributed by atoms with Gasteiger partial charge in [0.2, 0.25) is 0 Å². The summed E-state index contributed by atoms with van der Waals surface area (Å²) in [4.78, 5) is 31.5. The fourth-order valence-corrected chi connectivity index (χ4v) is 3.23. The summed E-state index contributed by atoms with van der Waals surface area (Å²) in [5.74, 6) is 0.392. The van der Waals surface area contributed by atoms with Gasteiger partial charge in [-0.05, 0) is 44.6 Å². The summed E-state index contributed by atoms with van der Waals surface area (Å²) in [6, 6.07) is 8.15. The number of ether oxygens (including phenoxy) is 2. The van der Waals surface area contributed by atoms with Crippen molar-refractivity contribution in [1.29, 1.82) is 0 Å². The zero-order chi connectivity index (χ0) is 23.2. The van der Waals surface area contributed by atoms with Crippen molar-refractivity contribution in [3.05, 3.63) is 54.4 Å². The van der Waals surface area contributed by atoms with Crippen molar-refractivity contribution in [1.82, 2.24) is 9.97 Å². The first kappa shape index (κ1) is 25.2. The zero-order valence-electron chi connectivity index (χ0n) is 19.4. The number of carbonyl (C=O) groups excluding carboxylic acids is 2. The van der Waals surface area contributed by atoms with Gasteiger partial charge in [0.05, 0.1) is 24.9 Å². The molecule has 0 bridgehead atoms. The maximum absolute atomic E-state index is 11.9. The van der Waals surface area contributed by atoms with Crippen molar-refractivity contribution < 1.29 is 19.1 Å². The lowest BCUT2D eigenvalue weighted by Crippen LogP contribution is -2.11. The van der Waals surface area contributed by atoms with Crippen LogP contribution in [0.25, 0.3) is 11.4 Å². The Morgan fingerprint density at radius 2 is 1.75 bits per heavy atom. The fourth-order valence-electron chi connectivity index (χ4n) is 3.23. The highest BCUT2D eigenvalue weighted by Gasteiger charge is 2.07. The van der Waals surface area contributed by atoms with Gasteiger partial charge >= 0.3 is 11.9 Å². The van der Waals surface area contributed by atoms with Crippen molar-refractivity contribution in [2.75, 3.05) is 0 Å². The number of carbonyl (C=O) groups is 2. The number of aromatic nitrogens is 2.